The van der Waals surface area contributed by atoms with Crippen LogP contribution in [0, 0.1) is 0 Å². The minimum atomic E-state index is -1.59. The molecule has 9 heteroatoms. The van der Waals surface area contributed by atoms with E-state index in [1.54, 1.807) is 6.08 Å². The van der Waals surface area contributed by atoms with E-state index in [4.69, 9.17) is 9.47 Å². The third-order valence-corrected chi connectivity index (χ3v) is 16.1. The summed E-state index contributed by atoms with van der Waals surface area (Å²) in [4.78, 5) is 13.1. The van der Waals surface area contributed by atoms with Gasteiger partial charge in [0.15, 0.2) is 6.29 Å². The molecule has 7 atom stereocenters. The maximum atomic E-state index is 13.1. The molecule has 0 spiro atoms. The lowest BCUT2D eigenvalue weighted by Gasteiger charge is -2.40. The minimum Gasteiger partial charge on any atom is -0.394 e. The van der Waals surface area contributed by atoms with Crippen LogP contribution in [0.1, 0.15) is 290 Å². The molecule has 0 aliphatic carbocycles. The average molecular weight is 1220 g/mol. The summed E-state index contributed by atoms with van der Waals surface area (Å²) in [5.74, 6) is -0.201. The fourth-order valence-electron chi connectivity index (χ4n) is 10.5. The Bertz CT molecular complexity index is 1900. The van der Waals surface area contributed by atoms with E-state index in [-0.39, 0.29) is 12.5 Å². The standard InChI is InChI=1S/C79H133NO8/c1-3-5-7-9-11-13-15-17-19-21-23-25-27-29-31-33-34-35-36-37-38-39-40-41-43-45-47-49-51-53-55-57-59-61-63-65-67-69-75(83)80-72(71-87-79-78(86)77(85)76(84)74(70-81)88-79)73(82)68-66-64-62-60-58-56-54-52-50-48-46-44-42-32-30-28-26-24-22-20-18-16-14-12-10-8-6-4-2/h5,7,11,13,17,19,23,25,29,31,34-35,37-38,40-41,45,47,50,52,58,60,66,68,72-74,76-79,81-82,84-86H,3-4,6,8-10,12,14-16,18,20-22,24,26-28,30,32-33,36,39,42-44,46,48-49,51,53-57,59,61-65,67,69-71H2,1-2H3,(H,80,83)/b7-5-,13-11-,19-17-,25-23-,31-29-,35-34-,38-37-,41-40-,47-45-,52-50+,60-58+,68-66+. The van der Waals surface area contributed by atoms with Gasteiger partial charge in [-0.05, 0) is 116 Å². The van der Waals surface area contributed by atoms with Crippen molar-refractivity contribution in [2.75, 3.05) is 13.2 Å². The van der Waals surface area contributed by atoms with Gasteiger partial charge in [0.25, 0.3) is 0 Å². The molecular formula is C79H133NO8. The molecule has 1 aliphatic heterocycles. The first-order chi connectivity index (χ1) is 43.3. The first-order valence-electron chi connectivity index (χ1n) is 36.1. The van der Waals surface area contributed by atoms with E-state index >= 15 is 0 Å². The summed E-state index contributed by atoms with van der Waals surface area (Å²) < 4.78 is 11.3. The van der Waals surface area contributed by atoms with E-state index in [1.807, 2.05) is 6.08 Å². The van der Waals surface area contributed by atoms with Crippen LogP contribution in [-0.4, -0.2) is 87.5 Å². The fourth-order valence-corrected chi connectivity index (χ4v) is 10.5. The Morgan fingerprint density at radius 1 is 0.398 bits per heavy atom. The predicted molar refractivity (Wildman–Crippen MR) is 377 cm³/mol. The molecule has 0 aromatic heterocycles. The van der Waals surface area contributed by atoms with Gasteiger partial charge in [0.05, 0.1) is 25.4 Å². The van der Waals surface area contributed by atoms with Crippen LogP contribution >= 0.6 is 0 Å². The molecule has 9 nitrogen and oxygen atoms in total. The van der Waals surface area contributed by atoms with Gasteiger partial charge in [-0.25, -0.2) is 0 Å². The Balaban J connectivity index is 2.19. The molecule has 1 heterocycles. The Labute approximate surface area is 540 Å². The van der Waals surface area contributed by atoms with Crippen molar-refractivity contribution in [1.29, 1.82) is 0 Å². The number of hydrogen-bond acceptors (Lipinski definition) is 8. The number of rotatable bonds is 61. The summed E-state index contributed by atoms with van der Waals surface area (Å²) in [5, 5.41) is 54.8. The smallest absolute Gasteiger partial charge is 0.220 e. The van der Waals surface area contributed by atoms with E-state index < -0.39 is 49.5 Å². The van der Waals surface area contributed by atoms with Gasteiger partial charge in [-0.1, -0.05) is 314 Å². The lowest BCUT2D eigenvalue weighted by Crippen LogP contribution is -2.60. The van der Waals surface area contributed by atoms with Crippen molar-refractivity contribution in [1.82, 2.24) is 5.32 Å². The zero-order chi connectivity index (χ0) is 63.5. The summed E-state index contributed by atoms with van der Waals surface area (Å²) in [7, 11) is 0. The number of amides is 1. The molecule has 0 radical (unpaired) electrons. The van der Waals surface area contributed by atoms with Crippen LogP contribution in [0.25, 0.3) is 0 Å². The van der Waals surface area contributed by atoms with Crippen LogP contribution in [0.3, 0.4) is 0 Å². The molecule has 0 saturated carbocycles. The van der Waals surface area contributed by atoms with Crippen molar-refractivity contribution in [3.05, 3.63) is 146 Å². The van der Waals surface area contributed by atoms with Crippen LogP contribution < -0.4 is 5.32 Å². The number of aliphatic hydroxyl groups is 5. The Morgan fingerprint density at radius 3 is 1.09 bits per heavy atom. The zero-order valence-electron chi connectivity index (χ0n) is 56.2. The number of allylic oxidation sites excluding steroid dienone is 23. The number of ether oxygens (including phenoxy) is 2. The maximum absolute atomic E-state index is 13.1. The number of carbonyl (C=O) groups excluding carboxylic acids is 1. The van der Waals surface area contributed by atoms with Crippen molar-refractivity contribution >= 4 is 5.91 Å². The van der Waals surface area contributed by atoms with E-state index in [1.165, 1.54) is 148 Å². The van der Waals surface area contributed by atoms with Gasteiger partial charge in [-0.15, -0.1) is 0 Å². The van der Waals surface area contributed by atoms with Gasteiger partial charge in [0.2, 0.25) is 5.91 Å². The third-order valence-electron chi connectivity index (χ3n) is 16.1. The molecule has 1 rings (SSSR count). The van der Waals surface area contributed by atoms with Crippen molar-refractivity contribution < 1.29 is 39.8 Å². The molecule has 0 aromatic rings. The van der Waals surface area contributed by atoms with E-state index in [0.29, 0.717) is 6.42 Å². The number of aliphatic hydroxyl groups excluding tert-OH is 5. The zero-order valence-corrected chi connectivity index (χ0v) is 56.2. The summed E-state index contributed by atoms with van der Waals surface area (Å²) >= 11 is 0. The van der Waals surface area contributed by atoms with Crippen molar-refractivity contribution in [2.45, 2.75) is 333 Å². The van der Waals surface area contributed by atoms with Crippen LogP contribution in [0.4, 0.5) is 0 Å². The summed E-state index contributed by atoms with van der Waals surface area (Å²) in [6.45, 7) is 3.66. The quantitative estimate of drug-likeness (QED) is 0.0261. The molecule has 1 amide bonds. The Hall–Kier alpha value is -3.93. The summed E-state index contributed by atoms with van der Waals surface area (Å²) in [5.41, 5.74) is 0. The lowest BCUT2D eigenvalue weighted by molar-refractivity contribution is -0.302. The second kappa shape index (κ2) is 66.0. The molecule has 0 aromatic carbocycles. The number of carbonyl (C=O) groups is 1. The number of hydrogen-bond donors (Lipinski definition) is 6. The Morgan fingerprint density at radius 2 is 0.716 bits per heavy atom. The molecule has 6 N–H and O–H groups in total. The highest BCUT2D eigenvalue weighted by molar-refractivity contribution is 5.76. The summed E-state index contributed by atoms with van der Waals surface area (Å²) in [6.07, 6.45) is 95.2. The second-order valence-electron chi connectivity index (χ2n) is 24.3. The monoisotopic (exact) mass is 1220 g/mol. The molecule has 1 aliphatic rings. The largest absolute Gasteiger partial charge is 0.394 e. The molecule has 502 valence electrons. The van der Waals surface area contributed by atoms with Gasteiger partial charge in [-0.2, -0.15) is 0 Å². The third kappa shape index (κ3) is 53.9. The SMILES string of the molecule is CC/C=C\C/C=C\C/C=C\C/C=C\C/C=C\C/C=C\C/C=C\C/C=C\C/C=C\CCCCCCCCCCCC(=O)NC(COC1OC(CO)C(O)C(O)C1O)C(O)/C=C/CC/C=C/CC/C=C/CCCCCCCCCCCCCCCCCCCC. The molecule has 88 heavy (non-hydrogen) atoms. The predicted octanol–water partition coefficient (Wildman–Crippen LogP) is 20.1. The van der Waals surface area contributed by atoms with Crippen LogP contribution in [-0.2, 0) is 14.3 Å². The molecule has 0 bridgehead atoms. The van der Waals surface area contributed by atoms with Crippen LogP contribution in [0.2, 0.25) is 0 Å². The molecular weight excluding hydrogens is 1090 g/mol. The van der Waals surface area contributed by atoms with E-state index in [0.717, 1.165) is 122 Å². The van der Waals surface area contributed by atoms with Crippen molar-refractivity contribution in [2.24, 2.45) is 0 Å². The lowest BCUT2D eigenvalue weighted by atomic mass is 9.99. The topological polar surface area (TPSA) is 149 Å². The number of nitrogens with one attached hydrogen (secondary N) is 1. The minimum absolute atomic E-state index is 0.201. The van der Waals surface area contributed by atoms with Gasteiger partial charge < -0.3 is 40.3 Å². The maximum Gasteiger partial charge on any atom is 0.220 e. The highest BCUT2D eigenvalue weighted by Crippen LogP contribution is 2.23. The van der Waals surface area contributed by atoms with Crippen molar-refractivity contribution in [3.63, 3.8) is 0 Å². The van der Waals surface area contributed by atoms with E-state index in [2.05, 4.69) is 153 Å². The molecule has 1 fully saturated rings. The van der Waals surface area contributed by atoms with Crippen LogP contribution in [0.5, 0.6) is 0 Å². The second-order valence-corrected chi connectivity index (χ2v) is 24.3. The highest BCUT2D eigenvalue weighted by Gasteiger charge is 2.44. The van der Waals surface area contributed by atoms with Gasteiger partial charge in [-0.3, -0.25) is 4.79 Å². The van der Waals surface area contributed by atoms with Crippen molar-refractivity contribution in [3.8, 4) is 0 Å². The summed E-state index contributed by atoms with van der Waals surface area (Å²) in [6, 6.07) is -0.844. The van der Waals surface area contributed by atoms with Gasteiger partial charge in [0, 0.05) is 6.42 Å². The van der Waals surface area contributed by atoms with Crippen LogP contribution in [0.15, 0.2) is 146 Å². The molecule has 1 saturated heterocycles. The highest BCUT2D eigenvalue weighted by atomic mass is 16.7. The van der Waals surface area contributed by atoms with Gasteiger partial charge in [0.1, 0.15) is 24.4 Å². The first kappa shape index (κ1) is 82.1. The van der Waals surface area contributed by atoms with Gasteiger partial charge >= 0.3 is 0 Å². The molecule has 7 unspecified atom stereocenters. The number of unbranched alkanes of at least 4 members (excludes halogenated alkanes) is 29. The Kier molecular flexibility index (Phi) is 61.6. The van der Waals surface area contributed by atoms with E-state index in [9.17, 15) is 30.3 Å². The average Bonchev–Trinajstić information content (AvgIpc) is 3.29. The first-order valence-corrected chi connectivity index (χ1v) is 36.1. The fraction of sp³-hybridized carbons (Fsp3) is 0.684. The normalized spacial score (nSPS) is 18.8.